The minimum Gasteiger partial charge on any atom is -0.325 e. The number of aromatic nitrogens is 7. The highest BCUT2D eigenvalue weighted by molar-refractivity contribution is 5.88. The first-order valence-electron chi connectivity index (χ1n) is 8.99. The van der Waals surface area contributed by atoms with Crippen molar-refractivity contribution in [1.82, 2.24) is 34.3 Å². The number of nitrogens with zero attached hydrogens (tertiary/aromatic N) is 6. The molecule has 0 aromatic carbocycles. The Labute approximate surface area is 166 Å². The van der Waals surface area contributed by atoms with E-state index < -0.39 is 0 Å². The average Bonchev–Trinajstić information content (AvgIpc) is 3.42. The molecule has 5 aromatic rings. The molecular weight excluding hydrogens is 368 g/mol. The van der Waals surface area contributed by atoms with Crippen LogP contribution in [-0.4, -0.2) is 40.3 Å². The Morgan fingerprint density at radius 3 is 2.69 bits per heavy atom. The highest BCUT2D eigenvalue weighted by atomic mass is 16.1. The van der Waals surface area contributed by atoms with Crippen LogP contribution < -0.4 is 5.32 Å². The largest absolute Gasteiger partial charge is 0.325 e. The predicted octanol–water partition coefficient (Wildman–Crippen LogP) is 2.96. The molecule has 0 fully saturated rings. The molecule has 2 N–H and O–H groups in total. The summed E-state index contributed by atoms with van der Waals surface area (Å²) in [4.78, 5) is 19.3. The average molecular weight is 388 g/mol. The molecule has 5 heterocycles. The van der Waals surface area contributed by atoms with Crippen LogP contribution in [-0.2, 0) is 11.8 Å². The van der Waals surface area contributed by atoms with Crippen LogP contribution in [0.5, 0.6) is 0 Å². The van der Waals surface area contributed by atoms with Crippen LogP contribution in [0.3, 0.4) is 0 Å². The number of H-pyrrole nitrogens is 1. The fraction of sp³-hybridized carbons (Fsp3) is 0.150. The molecule has 0 unspecified atom stereocenters. The number of rotatable bonds is 2. The van der Waals surface area contributed by atoms with Gasteiger partial charge < -0.3 is 9.72 Å². The number of hydrogen-bond acceptors (Lipinski definition) is 5. The molecule has 0 saturated carbocycles. The fourth-order valence-corrected chi connectivity index (χ4v) is 2.94. The van der Waals surface area contributed by atoms with Crippen molar-refractivity contribution in [3.05, 3.63) is 61.1 Å². The lowest BCUT2D eigenvalue weighted by molar-refractivity contribution is -0.114. The fourth-order valence-electron chi connectivity index (χ4n) is 2.94. The quantitative estimate of drug-likeness (QED) is 0.484. The summed E-state index contributed by atoms with van der Waals surface area (Å²) < 4.78 is 3.71. The molecule has 0 aliphatic rings. The summed E-state index contributed by atoms with van der Waals surface area (Å²) in [6.07, 6.45) is 11.0. The van der Waals surface area contributed by atoms with Crippen molar-refractivity contribution in [3.8, 4) is 11.1 Å². The molecule has 146 valence electrons. The van der Waals surface area contributed by atoms with Crippen molar-refractivity contribution in [2.45, 2.75) is 13.8 Å². The Kier molecular flexibility index (Phi) is 4.78. The molecule has 29 heavy (non-hydrogen) atoms. The Balaban J connectivity index is 0.000000142. The van der Waals surface area contributed by atoms with E-state index in [9.17, 15) is 4.79 Å². The van der Waals surface area contributed by atoms with Crippen molar-refractivity contribution in [2.24, 2.45) is 7.05 Å². The molecule has 0 aliphatic carbocycles. The monoisotopic (exact) mass is 388 g/mol. The molecule has 9 heteroatoms. The molecule has 5 aromatic heterocycles. The summed E-state index contributed by atoms with van der Waals surface area (Å²) in [7, 11) is 1.89. The van der Waals surface area contributed by atoms with Gasteiger partial charge in [-0.1, -0.05) is 0 Å². The zero-order valence-corrected chi connectivity index (χ0v) is 16.3. The second-order valence-electron chi connectivity index (χ2n) is 6.66. The van der Waals surface area contributed by atoms with E-state index in [2.05, 4.69) is 30.6 Å². The van der Waals surface area contributed by atoms with Gasteiger partial charge in [0.2, 0.25) is 5.91 Å². The standard InChI is InChI=1S/C10H9N5.C10H11N3O/c1-15-6-8(4-13-15)7-2-9-10(11-3-7)5-12-14-9;1-7-5-11-10-4-3-9(6-13(7)10)12-8(2)14/h2-6H,1H3,(H,12,14);3-6H,1-2H3,(H,12,14). The number of carbonyl (C=O) groups excluding carboxylic acids is 1. The number of aromatic amines is 1. The number of carbonyl (C=O) groups is 1. The Bertz CT molecular complexity index is 1300. The van der Waals surface area contributed by atoms with E-state index in [1.54, 1.807) is 17.1 Å². The second-order valence-corrected chi connectivity index (χ2v) is 6.66. The van der Waals surface area contributed by atoms with E-state index in [4.69, 9.17) is 0 Å². The van der Waals surface area contributed by atoms with Gasteiger partial charge in [0.15, 0.2) is 0 Å². The van der Waals surface area contributed by atoms with Gasteiger partial charge in [0.25, 0.3) is 0 Å². The third-order valence-electron chi connectivity index (χ3n) is 4.34. The van der Waals surface area contributed by atoms with Gasteiger partial charge in [0.05, 0.1) is 23.6 Å². The van der Waals surface area contributed by atoms with E-state index in [0.29, 0.717) is 0 Å². The number of hydrogen-bond donors (Lipinski definition) is 2. The highest BCUT2D eigenvalue weighted by Crippen LogP contribution is 2.20. The Morgan fingerprint density at radius 1 is 1.07 bits per heavy atom. The van der Waals surface area contributed by atoms with Crippen molar-refractivity contribution >= 4 is 28.3 Å². The molecule has 0 aliphatic heterocycles. The maximum atomic E-state index is 10.8. The smallest absolute Gasteiger partial charge is 0.221 e. The lowest BCUT2D eigenvalue weighted by Crippen LogP contribution is -2.06. The lowest BCUT2D eigenvalue weighted by atomic mass is 10.1. The van der Waals surface area contributed by atoms with Crippen molar-refractivity contribution in [1.29, 1.82) is 0 Å². The first-order chi connectivity index (χ1) is 14.0. The van der Waals surface area contributed by atoms with Gasteiger partial charge in [-0.15, -0.1) is 0 Å². The van der Waals surface area contributed by atoms with E-state index >= 15 is 0 Å². The number of pyridine rings is 2. The number of nitrogens with one attached hydrogen (secondary N) is 2. The van der Waals surface area contributed by atoms with Gasteiger partial charge in [0, 0.05) is 55.6 Å². The molecule has 0 radical (unpaired) electrons. The van der Waals surface area contributed by atoms with Gasteiger partial charge in [0.1, 0.15) is 11.2 Å². The minimum absolute atomic E-state index is 0.0675. The van der Waals surface area contributed by atoms with Crippen molar-refractivity contribution in [2.75, 3.05) is 5.32 Å². The summed E-state index contributed by atoms with van der Waals surface area (Å²) in [5.41, 5.74) is 6.63. The van der Waals surface area contributed by atoms with Crippen LogP contribution in [0.2, 0.25) is 0 Å². The van der Waals surface area contributed by atoms with Gasteiger partial charge in [-0.05, 0) is 25.1 Å². The minimum atomic E-state index is -0.0675. The van der Waals surface area contributed by atoms with Crippen LogP contribution in [0.15, 0.2) is 55.4 Å². The molecule has 0 bridgehead atoms. The summed E-state index contributed by atoms with van der Waals surface area (Å²) in [6, 6.07) is 5.73. The SMILES string of the molecule is CC(=O)Nc1ccc2ncc(C)n2c1.Cn1cc(-c2cnc3cn[nH]c3c2)cn1. The lowest BCUT2D eigenvalue weighted by Gasteiger charge is -2.03. The summed E-state index contributed by atoms with van der Waals surface area (Å²) in [6.45, 7) is 3.46. The first-order valence-corrected chi connectivity index (χ1v) is 8.99. The molecule has 0 saturated heterocycles. The molecular formula is C20H20N8O. The molecule has 0 spiro atoms. The maximum absolute atomic E-state index is 10.8. The van der Waals surface area contributed by atoms with Gasteiger partial charge in [-0.3, -0.25) is 19.6 Å². The molecule has 0 atom stereocenters. The Hall–Kier alpha value is -4.01. The molecule has 5 rings (SSSR count). The van der Waals surface area contributed by atoms with Crippen molar-refractivity contribution < 1.29 is 4.79 Å². The second kappa shape index (κ2) is 7.55. The van der Waals surface area contributed by atoms with Crippen LogP contribution in [0.25, 0.3) is 27.8 Å². The summed E-state index contributed by atoms with van der Waals surface area (Å²) in [5, 5.41) is 13.7. The third-order valence-corrected chi connectivity index (χ3v) is 4.34. The van der Waals surface area contributed by atoms with E-state index in [-0.39, 0.29) is 5.91 Å². The molecule has 1 amide bonds. The predicted molar refractivity (Wildman–Crippen MR) is 110 cm³/mol. The van der Waals surface area contributed by atoms with Crippen molar-refractivity contribution in [3.63, 3.8) is 0 Å². The zero-order valence-electron chi connectivity index (χ0n) is 16.3. The van der Waals surface area contributed by atoms with E-state index in [1.165, 1.54) is 6.92 Å². The van der Waals surface area contributed by atoms with E-state index in [0.717, 1.165) is 39.2 Å². The number of aryl methyl sites for hydroxylation is 2. The number of imidazole rings is 1. The number of anilines is 1. The summed E-state index contributed by atoms with van der Waals surface area (Å²) >= 11 is 0. The number of fused-ring (bicyclic) bond motifs is 2. The van der Waals surface area contributed by atoms with E-state index in [1.807, 2.05) is 61.4 Å². The van der Waals surface area contributed by atoms with Crippen LogP contribution in [0, 0.1) is 6.92 Å². The highest BCUT2D eigenvalue weighted by Gasteiger charge is 2.03. The summed E-state index contributed by atoms with van der Waals surface area (Å²) in [5.74, 6) is -0.0675. The van der Waals surface area contributed by atoms with Gasteiger partial charge >= 0.3 is 0 Å². The number of amides is 1. The van der Waals surface area contributed by atoms with Crippen LogP contribution >= 0.6 is 0 Å². The molecule has 9 nitrogen and oxygen atoms in total. The zero-order chi connectivity index (χ0) is 20.4. The maximum Gasteiger partial charge on any atom is 0.221 e. The van der Waals surface area contributed by atoms with Crippen LogP contribution in [0.4, 0.5) is 5.69 Å². The Morgan fingerprint density at radius 2 is 1.93 bits per heavy atom. The first kappa shape index (κ1) is 18.4. The topological polar surface area (TPSA) is 106 Å². The van der Waals surface area contributed by atoms with Gasteiger partial charge in [-0.25, -0.2) is 4.98 Å². The normalized spacial score (nSPS) is 10.7. The van der Waals surface area contributed by atoms with Gasteiger partial charge in [-0.2, -0.15) is 10.2 Å². The van der Waals surface area contributed by atoms with Crippen LogP contribution in [0.1, 0.15) is 12.6 Å². The third kappa shape index (κ3) is 3.98.